The van der Waals surface area contributed by atoms with Crippen molar-refractivity contribution in [2.45, 2.75) is 125 Å². The number of nitrogens with zero attached hydrogens (tertiary/aromatic N) is 1. The quantitative estimate of drug-likeness (QED) is 0.0286. The molecule has 0 saturated carbocycles. The summed E-state index contributed by atoms with van der Waals surface area (Å²) in [6.45, 7) is 14.2. The van der Waals surface area contributed by atoms with Crippen LogP contribution in [-0.4, -0.2) is 61.8 Å². The minimum absolute atomic E-state index is 0.00874. The number of unbranched alkanes of at least 4 members (excludes halogenated alkanes) is 4. The Kier molecular flexibility index (Phi) is 21.1. The molecule has 13 nitrogen and oxygen atoms in total. The Morgan fingerprint density at radius 3 is 2.08 bits per heavy atom. The molecule has 3 amide bonds. The second-order valence-corrected chi connectivity index (χ2v) is 14.9. The fourth-order valence-corrected chi connectivity index (χ4v) is 7.44. The number of carbonyl (C=O) groups excluding carboxylic acids is 4. The normalized spacial score (nSPS) is 12.6. The molecule has 0 spiro atoms. The fourth-order valence-electron chi connectivity index (χ4n) is 5.75. The van der Waals surface area contributed by atoms with Crippen LogP contribution in [0.1, 0.15) is 130 Å². The minimum atomic E-state index is -3.70. The van der Waals surface area contributed by atoms with Crippen LogP contribution in [0.4, 0.5) is 0 Å². The van der Waals surface area contributed by atoms with Crippen LogP contribution in [0.25, 0.3) is 11.3 Å². The number of rotatable bonds is 28. The smallest absolute Gasteiger partial charge is 0.361 e. The molecule has 1 heterocycles. The minimum Gasteiger partial charge on any atom is -0.494 e. The SMILES string of the molecule is CCCCC[C@@H](C(=O)NCNC(=O)c1ccc(-c2cc(OCC)cc(P(=O)(OCCCC)OCCCC)c2)o1)[C@@H](CC)N(C=O)OC(=O)C(CC)CC. The van der Waals surface area contributed by atoms with Crippen molar-refractivity contribution in [2.75, 3.05) is 26.5 Å². The number of carbonyl (C=O) groups is 4. The number of hydrogen-bond donors (Lipinski definition) is 2. The van der Waals surface area contributed by atoms with E-state index in [1.807, 2.05) is 41.5 Å². The summed E-state index contributed by atoms with van der Waals surface area (Å²) in [7, 11) is -3.70. The zero-order valence-electron chi connectivity index (χ0n) is 32.8. The summed E-state index contributed by atoms with van der Waals surface area (Å²) in [6, 6.07) is 7.47. The van der Waals surface area contributed by atoms with E-state index in [9.17, 15) is 23.7 Å². The van der Waals surface area contributed by atoms with Crippen molar-refractivity contribution in [3.63, 3.8) is 0 Å². The molecule has 298 valence electrons. The van der Waals surface area contributed by atoms with E-state index >= 15 is 0 Å². The molecule has 2 N–H and O–H groups in total. The van der Waals surface area contributed by atoms with Crippen LogP contribution < -0.4 is 20.7 Å². The van der Waals surface area contributed by atoms with Crippen molar-refractivity contribution in [3.8, 4) is 17.1 Å². The maximum Gasteiger partial charge on any atom is 0.361 e. The number of hydroxylamine groups is 2. The molecule has 0 aliphatic carbocycles. The predicted octanol–water partition coefficient (Wildman–Crippen LogP) is 7.93. The number of amides is 3. The molecule has 2 atom stereocenters. The topological polar surface area (TPSA) is 163 Å². The summed E-state index contributed by atoms with van der Waals surface area (Å²) in [5.74, 6) is -1.73. The molecule has 1 aromatic carbocycles. The first-order valence-corrected chi connectivity index (χ1v) is 20.9. The maximum absolute atomic E-state index is 14.1. The van der Waals surface area contributed by atoms with Crippen molar-refractivity contribution in [3.05, 3.63) is 36.1 Å². The van der Waals surface area contributed by atoms with Gasteiger partial charge in [0.15, 0.2) is 5.76 Å². The molecule has 0 saturated heterocycles. The van der Waals surface area contributed by atoms with E-state index in [1.165, 1.54) is 6.07 Å². The molecule has 0 aliphatic rings. The van der Waals surface area contributed by atoms with E-state index in [-0.39, 0.29) is 37.5 Å². The maximum atomic E-state index is 14.1. The summed E-state index contributed by atoms with van der Waals surface area (Å²) in [5, 5.41) is 6.72. The molecular weight excluding hydrogens is 701 g/mol. The summed E-state index contributed by atoms with van der Waals surface area (Å²) in [4.78, 5) is 57.0. The molecule has 14 heteroatoms. The summed E-state index contributed by atoms with van der Waals surface area (Å²) in [5.41, 5.74) is 0.516. The highest BCUT2D eigenvalue weighted by molar-refractivity contribution is 7.62. The first-order valence-electron chi connectivity index (χ1n) is 19.3. The highest BCUT2D eigenvalue weighted by Crippen LogP contribution is 2.49. The van der Waals surface area contributed by atoms with Crippen molar-refractivity contribution < 1.29 is 46.8 Å². The third-order valence-corrected chi connectivity index (χ3v) is 10.9. The molecule has 2 aromatic rings. The van der Waals surface area contributed by atoms with Gasteiger partial charge in [-0.3, -0.25) is 18.9 Å². The second kappa shape index (κ2) is 24.6. The lowest BCUT2D eigenvalue weighted by molar-refractivity contribution is -0.208. The Morgan fingerprint density at radius 2 is 1.51 bits per heavy atom. The van der Waals surface area contributed by atoms with Gasteiger partial charge in [-0.15, -0.1) is 0 Å². The van der Waals surface area contributed by atoms with E-state index in [4.69, 9.17) is 23.0 Å². The van der Waals surface area contributed by atoms with E-state index in [1.54, 1.807) is 24.3 Å². The van der Waals surface area contributed by atoms with Gasteiger partial charge in [-0.05, 0) is 75.8 Å². The van der Waals surface area contributed by atoms with Crippen LogP contribution in [0, 0.1) is 11.8 Å². The molecule has 0 unspecified atom stereocenters. The van der Waals surface area contributed by atoms with Crippen LogP contribution in [0.3, 0.4) is 0 Å². The molecule has 2 rings (SSSR count). The Labute approximate surface area is 315 Å². The highest BCUT2D eigenvalue weighted by Gasteiger charge is 2.34. The van der Waals surface area contributed by atoms with Gasteiger partial charge >= 0.3 is 13.6 Å². The van der Waals surface area contributed by atoms with Crippen molar-refractivity contribution in [2.24, 2.45) is 11.8 Å². The van der Waals surface area contributed by atoms with Gasteiger partial charge in [0.2, 0.25) is 12.3 Å². The third-order valence-electron chi connectivity index (χ3n) is 8.95. The van der Waals surface area contributed by atoms with Gasteiger partial charge in [-0.1, -0.05) is 73.6 Å². The molecular formula is C39H62N3O10P. The first kappa shape index (κ1) is 45.5. The molecule has 1 aromatic heterocycles. The number of benzene rings is 1. The van der Waals surface area contributed by atoms with Gasteiger partial charge in [0.25, 0.3) is 5.91 Å². The average molecular weight is 764 g/mol. The standard InChI is InChI=1S/C39H62N3O10P/c1-8-15-18-19-33(34(13-6)42(28-43)52-39(46)29(11-4)12-5)37(44)40-27-41-38(45)36-21-20-35(51-36)30-24-31(48-14-7)26-32(25-30)53(47,49-22-16-9-2)50-23-17-10-3/h20-21,24-26,28-29,33-34H,8-19,22-23,27H2,1-7H3,(H,40,44)(H,41,45)/t33-,34-/m1/s1. The number of furan rings is 1. The second-order valence-electron chi connectivity index (χ2n) is 12.9. The van der Waals surface area contributed by atoms with Gasteiger partial charge in [0.1, 0.15) is 11.5 Å². The summed E-state index contributed by atoms with van der Waals surface area (Å²) >= 11 is 0. The molecule has 0 bridgehead atoms. The lowest BCUT2D eigenvalue weighted by Crippen LogP contribution is -2.49. The third kappa shape index (κ3) is 14.2. The lowest BCUT2D eigenvalue weighted by atomic mass is 9.90. The summed E-state index contributed by atoms with van der Waals surface area (Å²) in [6.07, 6.45) is 8.16. The van der Waals surface area contributed by atoms with Crippen LogP contribution in [-0.2, 0) is 32.8 Å². The van der Waals surface area contributed by atoms with Crippen LogP contribution in [0.15, 0.2) is 34.7 Å². The zero-order valence-corrected chi connectivity index (χ0v) is 33.7. The monoisotopic (exact) mass is 763 g/mol. The molecule has 0 fully saturated rings. The first-order chi connectivity index (χ1) is 25.5. The largest absolute Gasteiger partial charge is 0.494 e. The number of ether oxygens (including phenoxy) is 1. The number of nitrogens with one attached hydrogen (secondary N) is 2. The van der Waals surface area contributed by atoms with Crippen LogP contribution in [0.2, 0.25) is 0 Å². The van der Waals surface area contributed by atoms with E-state index < -0.39 is 31.4 Å². The predicted molar refractivity (Wildman–Crippen MR) is 205 cm³/mol. The van der Waals surface area contributed by atoms with Crippen molar-refractivity contribution in [1.82, 2.24) is 15.7 Å². The summed E-state index contributed by atoms with van der Waals surface area (Å²) < 4.78 is 37.5. The molecule has 0 radical (unpaired) electrons. The van der Waals surface area contributed by atoms with Crippen molar-refractivity contribution >= 4 is 37.1 Å². The van der Waals surface area contributed by atoms with Gasteiger partial charge in [-0.25, -0.2) is 4.79 Å². The van der Waals surface area contributed by atoms with Gasteiger partial charge < -0.3 is 33.7 Å². The van der Waals surface area contributed by atoms with Crippen LogP contribution in [0.5, 0.6) is 5.75 Å². The van der Waals surface area contributed by atoms with Gasteiger partial charge in [-0.2, -0.15) is 5.06 Å². The molecule has 53 heavy (non-hydrogen) atoms. The number of hydrogen-bond acceptors (Lipinski definition) is 10. The van der Waals surface area contributed by atoms with Crippen molar-refractivity contribution in [1.29, 1.82) is 0 Å². The molecule has 0 aliphatic heterocycles. The van der Waals surface area contributed by atoms with Gasteiger partial charge in [0, 0.05) is 5.56 Å². The van der Waals surface area contributed by atoms with E-state index in [0.717, 1.165) is 50.0 Å². The van der Waals surface area contributed by atoms with E-state index in [2.05, 4.69) is 17.6 Å². The lowest BCUT2D eigenvalue weighted by Gasteiger charge is -2.32. The average Bonchev–Trinajstić information content (AvgIpc) is 3.65. The fraction of sp³-hybridized carbons (Fsp3) is 0.641. The Hall–Kier alpha value is -3.67. The zero-order chi connectivity index (χ0) is 39.2. The van der Waals surface area contributed by atoms with Gasteiger partial charge in [0.05, 0.1) is 49.7 Å². The Bertz CT molecular complexity index is 1450. The van der Waals surface area contributed by atoms with Crippen LogP contribution >= 0.6 is 7.60 Å². The Balaban J connectivity index is 2.24. The van der Waals surface area contributed by atoms with E-state index in [0.29, 0.717) is 61.1 Å². The highest BCUT2D eigenvalue weighted by atomic mass is 31.2. The Morgan fingerprint density at radius 1 is 0.849 bits per heavy atom.